The van der Waals surface area contributed by atoms with Gasteiger partial charge in [0.2, 0.25) is 5.91 Å². The maximum atomic E-state index is 12.1. The number of rotatable bonds is 8. The number of methoxy groups -OCH3 is 1. The monoisotopic (exact) mass is 385 g/mol. The minimum Gasteiger partial charge on any atom is -0.497 e. The summed E-state index contributed by atoms with van der Waals surface area (Å²) in [6.07, 6.45) is 3.76. The van der Waals surface area contributed by atoms with Crippen molar-refractivity contribution in [2.75, 3.05) is 13.4 Å². The SMILES string of the molecule is COc1ccc(CC(=O)NC(C)C(=O)NN=Cc2ccc(SC)cc2)cc1. The number of thioether (sulfide) groups is 1. The predicted molar refractivity (Wildman–Crippen MR) is 108 cm³/mol. The summed E-state index contributed by atoms with van der Waals surface area (Å²) in [5.74, 6) is 0.113. The van der Waals surface area contributed by atoms with Crippen molar-refractivity contribution in [3.05, 3.63) is 59.7 Å². The van der Waals surface area contributed by atoms with E-state index < -0.39 is 6.04 Å². The van der Waals surface area contributed by atoms with E-state index in [9.17, 15) is 9.59 Å². The molecule has 0 aliphatic rings. The van der Waals surface area contributed by atoms with Crippen molar-refractivity contribution in [1.29, 1.82) is 0 Å². The van der Waals surface area contributed by atoms with Gasteiger partial charge in [-0.2, -0.15) is 5.10 Å². The van der Waals surface area contributed by atoms with Crippen LogP contribution in [0.3, 0.4) is 0 Å². The van der Waals surface area contributed by atoms with Crippen molar-refractivity contribution in [3.63, 3.8) is 0 Å². The molecule has 0 spiro atoms. The van der Waals surface area contributed by atoms with E-state index >= 15 is 0 Å². The molecule has 0 bridgehead atoms. The minimum atomic E-state index is -0.688. The van der Waals surface area contributed by atoms with E-state index in [-0.39, 0.29) is 18.2 Å². The molecule has 1 unspecified atom stereocenters. The number of carbonyl (C=O) groups excluding carboxylic acids is 2. The van der Waals surface area contributed by atoms with Gasteiger partial charge in [0.25, 0.3) is 5.91 Å². The van der Waals surface area contributed by atoms with Gasteiger partial charge in [-0.1, -0.05) is 24.3 Å². The van der Waals surface area contributed by atoms with E-state index in [1.165, 1.54) is 0 Å². The van der Waals surface area contributed by atoms with Gasteiger partial charge in [0.1, 0.15) is 11.8 Å². The highest BCUT2D eigenvalue weighted by atomic mass is 32.2. The largest absolute Gasteiger partial charge is 0.497 e. The molecule has 0 saturated heterocycles. The number of hydrogen-bond donors (Lipinski definition) is 2. The summed E-state index contributed by atoms with van der Waals surface area (Å²) in [5.41, 5.74) is 4.16. The van der Waals surface area contributed by atoms with Crippen LogP contribution in [0, 0.1) is 0 Å². The van der Waals surface area contributed by atoms with E-state index in [4.69, 9.17) is 4.74 Å². The number of ether oxygens (including phenoxy) is 1. The van der Waals surface area contributed by atoms with Gasteiger partial charge in [-0.25, -0.2) is 5.43 Å². The average molecular weight is 385 g/mol. The standard InChI is InChI=1S/C20H23N3O3S/c1-14(22-19(24)12-15-4-8-17(26-2)9-5-15)20(25)23-21-13-16-6-10-18(27-3)11-7-16/h4-11,13-14H,12H2,1-3H3,(H,22,24)(H,23,25). The second-order valence-electron chi connectivity index (χ2n) is 5.82. The molecule has 6 nitrogen and oxygen atoms in total. The topological polar surface area (TPSA) is 79.8 Å². The average Bonchev–Trinajstić information content (AvgIpc) is 2.68. The Labute approximate surface area is 163 Å². The van der Waals surface area contributed by atoms with Crippen molar-refractivity contribution in [2.45, 2.75) is 24.3 Å². The molecule has 1 atom stereocenters. The zero-order valence-electron chi connectivity index (χ0n) is 15.6. The second kappa shape index (κ2) is 10.4. The zero-order valence-corrected chi connectivity index (χ0v) is 16.4. The van der Waals surface area contributed by atoms with Gasteiger partial charge in [-0.3, -0.25) is 9.59 Å². The molecule has 2 aromatic rings. The summed E-state index contributed by atoms with van der Waals surface area (Å²) in [7, 11) is 1.59. The lowest BCUT2D eigenvalue weighted by atomic mass is 10.1. The molecule has 0 heterocycles. The quantitative estimate of drug-likeness (QED) is 0.416. The lowest BCUT2D eigenvalue weighted by Gasteiger charge is -2.12. The fourth-order valence-corrected chi connectivity index (χ4v) is 2.65. The molecule has 0 fully saturated rings. The summed E-state index contributed by atoms with van der Waals surface area (Å²) in [6, 6.07) is 14.3. The number of amides is 2. The Balaban J connectivity index is 1.79. The van der Waals surface area contributed by atoms with Crippen molar-refractivity contribution >= 4 is 29.8 Å². The molecule has 2 amide bonds. The number of nitrogens with zero attached hydrogens (tertiary/aromatic N) is 1. The van der Waals surface area contributed by atoms with Crippen LogP contribution in [0.15, 0.2) is 58.5 Å². The molecular formula is C20H23N3O3S. The van der Waals surface area contributed by atoms with Crippen molar-refractivity contribution in [1.82, 2.24) is 10.7 Å². The Morgan fingerprint density at radius 3 is 2.41 bits per heavy atom. The number of hydrogen-bond acceptors (Lipinski definition) is 5. The zero-order chi connectivity index (χ0) is 19.6. The van der Waals surface area contributed by atoms with Crippen LogP contribution in [0.2, 0.25) is 0 Å². The first-order valence-electron chi connectivity index (χ1n) is 8.41. The van der Waals surface area contributed by atoms with E-state index in [1.54, 1.807) is 44.1 Å². The molecular weight excluding hydrogens is 362 g/mol. The fourth-order valence-electron chi connectivity index (χ4n) is 2.24. The Bertz CT molecular complexity index is 789. The molecule has 0 aliphatic carbocycles. The van der Waals surface area contributed by atoms with Crippen molar-refractivity contribution < 1.29 is 14.3 Å². The van der Waals surface area contributed by atoms with Gasteiger partial charge in [0.15, 0.2) is 0 Å². The summed E-state index contributed by atoms with van der Waals surface area (Å²) in [5, 5.41) is 6.59. The molecule has 142 valence electrons. The number of nitrogens with one attached hydrogen (secondary N) is 2. The van der Waals surface area contributed by atoms with E-state index in [1.807, 2.05) is 42.7 Å². The maximum absolute atomic E-state index is 12.1. The Hall–Kier alpha value is -2.80. The molecule has 0 aromatic heterocycles. The van der Waals surface area contributed by atoms with Gasteiger partial charge in [0, 0.05) is 4.90 Å². The summed E-state index contributed by atoms with van der Waals surface area (Å²) < 4.78 is 5.08. The van der Waals surface area contributed by atoms with Gasteiger partial charge in [0.05, 0.1) is 19.7 Å². The molecule has 27 heavy (non-hydrogen) atoms. The number of carbonyl (C=O) groups is 2. The highest BCUT2D eigenvalue weighted by molar-refractivity contribution is 7.98. The molecule has 2 rings (SSSR count). The molecule has 2 N–H and O–H groups in total. The third-order valence-electron chi connectivity index (χ3n) is 3.80. The van der Waals surface area contributed by atoms with Crippen LogP contribution < -0.4 is 15.5 Å². The van der Waals surface area contributed by atoms with Crippen LogP contribution in [0.5, 0.6) is 5.75 Å². The Kier molecular flexibility index (Phi) is 7.88. The third kappa shape index (κ3) is 6.79. The normalized spacial score (nSPS) is 11.8. The summed E-state index contributed by atoms with van der Waals surface area (Å²) >= 11 is 1.66. The first kappa shape index (κ1) is 20.5. The maximum Gasteiger partial charge on any atom is 0.262 e. The third-order valence-corrected chi connectivity index (χ3v) is 4.54. The molecule has 0 saturated carbocycles. The summed E-state index contributed by atoms with van der Waals surface area (Å²) in [6.45, 7) is 1.62. The number of benzene rings is 2. The molecule has 2 aromatic carbocycles. The summed E-state index contributed by atoms with van der Waals surface area (Å²) in [4.78, 5) is 25.3. The first-order valence-corrected chi connectivity index (χ1v) is 9.63. The molecule has 7 heteroatoms. The highest BCUT2D eigenvalue weighted by Gasteiger charge is 2.15. The molecule has 0 radical (unpaired) electrons. The lowest BCUT2D eigenvalue weighted by Crippen LogP contribution is -2.43. The minimum absolute atomic E-state index is 0.187. The van der Waals surface area contributed by atoms with Crippen LogP contribution in [-0.2, 0) is 16.0 Å². The van der Waals surface area contributed by atoms with Crippen LogP contribution in [0.25, 0.3) is 0 Å². The highest BCUT2D eigenvalue weighted by Crippen LogP contribution is 2.14. The van der Waals surface area contributed by atoms with Crippen LogP contribution in [0.1, 0.15) is 18.1 Å². The van der Waals surface area contributed by atoms with Crippen molar-refractivity contribution in [2.24, 2.45) is 5.10 Å². The lowest BCUT2D eigenvalue weighted by molar-refractivity contribution is -0.128. The van der Waals surface area contributed by atoms with Gasteiger partial charge < -0.3 is 10.1 Å². The van der Waals surface area contributed by atoms with Crippen LogP contribution in [-0.4, -0.2) is 37.4 Å². The van der Waals surface area contributed by atoms with E-state index in [0.717, 1.165) is 21.8 Å². The first-order chi connectivity index (χ1) is 13.0. The van der Waals surface area contributed by atoms with Gasteiger partial charge in [-0.05, 0) is 48.6 Å². The smallest absolute Gasteiger partial charge is 0.262 e. The van der Waals surface area contributed by atoms with Crippen LogP contribution >= 0.6 is 11.8 Å². The Morgan fingerprint density at radius 1 is 1.15 bits per heavy atom. The van der Waals surface area contributed by atoms with E-state index in [2.05, 4.69) is 15.8 Å². The fraction of sp³-hybridized carbons (Fsp3) is 0.250. The predicted octanol–water partition coefficient (Wildman–Crippen LogP) is 2.61. The van der Waals surface area contributed by atoms with Gasteiger partial charge in [-0.15, -0.1) is 11.8 Å². The van der Waals surface area contributed by atoms with E-state index in [0.29, 0.717) is 0 Å². The Morgan fingerprint density at radius 2 is 1.81 bits per heavy atom. The van der Waals surface area contributed by atoms with Crippen LogP contribution in [0.4, 0.5) is 0 Å². The second-order valence-corrected chi connectivity index (χ2v) is 6.70. The number of hydrazone groups is 1. The van der Waals surface area contributed by atoms with Crippen molar-refractivity contribution in [3.8, 4) is 5.75 Å². The van der Waals surface area contributed by atoms with Gasteiger partial charge >= 0.3 is 0 Å². The molecule has 0 aliphatic heterocycles.